The summed E-state index contributed by atoms with van der Waals surface area (Å²) in [6.45, 7) is 7.28. The third-order valence-electron chi connectivity index (χ3n) is 16.9. The van der Waals surface area contributed by atoms with Crippen LogP contribution in [0.15, 0.2) is 0 Å². The van der Waals surface area contributed by atoms with Crippen LogP contribution in [0.1, 0.15) is 369 Å². The molecule has 0 fully saturated rings. The van der Waals surface area contributed by atoms with Gasteiger partial charge in [0.2, 0.25) is 0 Å². The zero-order chi connectivity index (χ0) is 66.3. The maximum absolute atomic E-state index is 13.0. The Morgan fingerprint density at radius 3 is 0.789 bits per heavy atom. The first-order valence-electron chi connectivity index (χ1n) is 37.2. The van der Waals surface area contributed by atoms with Crippen LogP contribution in [-0.2, 0) is 65.4 Å². The molecule has 19 heteroatoms. The average molecular weight is 1330 g/mol. The van der Waals surface area contributed by atoms with E-state index in [0.29, 0.717) is 25.7 Å². The van der Waals surface area contributed by atoms with Crippen LogP contribution in [-0.4, -0.2) is 96.7 Å². The summed E-state index contributed by atoms with van der Waals surface area (Å²) < 4.78 is 68.3. The van der Waals surface area contributed by atoms with Gasteiger partial charge < -0.3 is 33.8 Å². The molecular formula is C71H138O17P2. The van der Waals surface area contributed by atoms with E-state index < -0.39 is 97.5 Å². The summed E-state index contributed by atoms with van der Waals surface area (Å²) >= 11 is 0. The molecule has 0 aromatic rings. The van der Waals surface area contributed by atoms with E-state index in [1.807, 2.05) is 0 Å². The second-order valence-electron chi connectivity index (χ2n) is 25.9. The van der Waals surface area contributed by atoms with Gasteiger partial charge in [-0.1, -0.05) is 317 Å². The van der Waals surface area contributed by atoms with Crippen LogP contribution in [0.2, 0.25) is 0 Å². The van der Waals surface area contributed by atoms with E-state index in [1.165, 1.54) is 186 Å². The van der Waals surface area contributed by atoms with Crippen molar-refractivity contribution in [2.24, 2.45) is 5.92 Å². The summed E-state index contributed by atoms with van der Waals surface area (Å²) in [5.74, 6) is -1.28. The third kappa shape index (κ3) is 63.5. The molecule has 0 aromatic carbocycles. The summed E-state index contributed by atoms with van der Waals surface area (Å²) in [6.07, 6.45) is 51.2. The molecule has 0 amide bonds. The Morgan fingerprint density at radius 1 is 0.311 bits per heavy atom. The van der Waals surface area contributed by atoms with Crippen molar-refractivity contribution in [3.63, 3.8) is 0 Å². The Morgan fingerprint density at radius 2 is 0.533 bits per heavy atom. The second kappa shape index (κ2) is 64.4. The number of carbonyl (C=O) groups excluding carboxylic acids is 4. The minimum absolute atomic E-state index is 0.107. The molecule has 3 unspecified atom stereocenters. The number of carbonyl (C=O) groups is 4. The molecule has 0 bridgehead atoms. The molecule has 90 heavy (non-hydrogen) atoms. The van der Waals surface area contributed by atoms with Crippen molar-refractivity contribution < 1.29 is 80.2 Å². The highest BCUT2D eigenvalue weighted by Crippen LogP contribution is 2.45. The van der Waals surface area contributed by atoms with E-state index in [9.17, 15) is 43.2 Å². The fraction of sp³-hybridized carbons (Fsp3) is 0.944. The SMILES string of the molecule is CCCCCCCCCCCCCCCC(=O)OC[C@H](COP(=O)(O)OC[C@@H](O)COP(=O)(O)OC[C@@H](COC(=O)CCCCCCCCCC)OC(=O)CCCCCCCCCCCCC)OC(=O)CCCCCCCCCCCCCCCCC(C)CC. The predicted molar refractivity (Wildman–Crippen MR) is 363 cm³/mol. The van der Waals surface area contributed by atoms with Crippen molar-refractivity contribution in [3.8, 4) is 0 Å². The highest BCUT2D eigenvalue weighted by molar-refractivity contribution is 7.47. The summed E-state index contributed by atoms with van der Waals surface area (Å²) in [6, 6.07) is 0. The average Bonchev–Trinajstić information content (AvgIpc) is 3.10. The molecule has 0 saturated carbocycles. The number of aliphatic hydroxyl groups excluding tert-OH is 1. The molecule has 0 aliphatic rings. The number of hydrogen-bond acceptors (Lipinski definition) is 15. The van der Waals surface area contributed by atoms with Crippen LogP contribution in [0.5, 0.6) is 0 Å². The predicted octanol–water partition coefficient (Wildman–Crippen LogP) is 20.5. The van der Waals surface area contributed by atoms with Gasteiger partial charge in [-0.05, 0) is 31.6 Å². The lowest BCUT2D eigenvalue weighted by Crippen LogP contribution is -2.30. The maximum Gasteiger partial charge on any atom is 0.472 e. The van der Waals surface area contributed by atoms with Crippen LogP contribution in [0.3, 0.4) is 0 Å². The van der Waals surface area contributed by atoms with E-state index in [-0.39, 0.29) is 25.7 Å². The number of hydrogen-bond donors (Lipinski definition) is 3. The number of ether oxygens (including phenoxy) is 4. The standard InChI is InChI=1S/C71H138O17P2/c1-6-10-13-16-19-22-24-27-32-35-40-45-50-55-69(74)82-61-67(88-71(76)57-52-47-42-37-33-29-26-25-28-31-34-38-43-48-53-64(5)9-4)63-86-90(79,80)84-59-65(72)58-83-89(77,78)85-62-66(60-81-68(73)54-49-44-39-21-18-15-12-8-3)87-70(75)56-51-46-41-36-30-23-20-17-14-11-7-2/h64-67,72H,6-63H2,1-5H3,(H,77,78)(H,79,80)/t64?,65-,66+,67+/m0/s1. The van der Waals surface area contributed by atoms with Gasteiger partial charge in [0.1, 0.15) is 19.3 Å². The highest BCUT2D eigenvalue weighted by atomic mass is 31.2. The molecule has 534 valence electrons. The molecule has 17 nitrogen and oxygen atoms in total. The van der Waals surface area contributed by atoms with Crippen molar-refractivity contribution in [2.45, 2.75) is 387 Å². The van der Waals surface area contributed by atoms with Crippen LogP contribution in [0.4, 0.5) is 0 Å². The normalized spacial score (nSPS) is 14.4. The van der Waals surface area contributed by atoms with Crippen molar-refractivity contribution in [1.82, 2.24) is 0 Å². The van der Waals surface area contributed by atoms with E-state index in [4.69, 9.17) is 37.0 Å². The zero-order valence-electron chi connectivity index (χ0n) is 58.3. The molecule has 0 spiro atoms. The lowest BCUT2D eigenvalue weighted by Gasteiger charge is -2.21. The van der Waals surface area contributed by atoms with Gasteiger partial charge >= 0.3 is 39.5 Å². The number of phosphoric ester groups is 2. The van der Waals surface area contributed by atoms with Crippen molar-refractivity contribution >= 4 is 39.5 Å². The lowest BCUT2D eigenvalue weighted by atomic mass is 9.99. The van der Waals surface area contributed by atoms with Gasteiger partial charge in [-0.15, -0.1) is 0 Å². The molecule has 0 aliphatic heterocycles. The molecule has 0 radical (unpaired) electrons. The molecule has 3 N–H and O–H groups in total. The van der Waals surface area contributed by atoms with Crippen molar-refractivity contribution in [1.29, 1.82) is 0 Å². The molecule has 0 heterocycles. The number of rotatable bonds is 71. The number of phosphoric acid groups is 2. The lowest BCUT2D eigenvalue weighted by molar-refractivity contribution is -0.161. The Balaban J connectivity index is 5.21. The molecule has 0 aromatic heterocycles. The summed E-state index contributed by atoms with van der Waals surface area (Å²) in [5.41, 5.74) is 0. The Kier molecular flexibility index (Phi) is 63.0. The summed E-state index contributed by atoms with van der Waals surface area (Å²) in [7, 11) is -9.90. The van der Waals surface area contributed by atoms with Crippen LogP contribution >= 0.6 is 15.6 Å². The van der Waals surface area contributed by atoms with E-state index in [1.54, 1.807) is 0 Å². The van der Waals surface area contributed by atoms with Crippen LogP contribution in [0.25, 0.3) is 0 Å². The summed E-state index contributed by atoms with van der Waals surface area (Å²) in [4.78, 5) is 72.5. The van der Waals surface area contributed by atoms with Crippen LogP contribution < -0.4 is 0 Å². The summed E-state index contributed by atoms with van der Waals surface area (Å²) in [5, 5.41) is 10.6. The largest absolute Gasteiger partial charge is 0.472 e. The van der Waals surface area contributed by atoms with Gasteiger partial charge in [-0.2, -0.15) is 0 Å². The monoisotopic (exact) mass is 1320 g/mol. The minimum Gasteiger partial charge on any atom is -0.462 e. The molecular weight excluding hydrogens is 1190 g/mol. The molecule has 0 rings (SSSR count). The van der Waals surface area contributed by atoms with E-state index in [0.717, 1.165) is 102 Å². The maximum atomic E-state index is 13.0. The van der Waals surface area contributed by atoms with Crippen molar-refractivity contribution in [2.75, 3.05) is 39.6 Å². The first-order chi connectivity index (χ1) is 43.6. The van der Waals surface area contributed by atoms with Crippen molar-refractivity contribution in [3.05, 3.63) is 0 Å². The van der Waals surface area contributed by atoms with Gasteiger partial charge in [0.15, 0.2) is 12.2 Å². The highest BCUT2D eigenvalue weighted by Gasteiger charge is 2.30. The van der Waals surface area contributed by atoms with Gasteiger partial charge in [-0.25, -0.2) is 9.13 Å². The molecule has 0 aliphatic carbocycles. The van der Waals surface area contributed by atoms with Gasteiger partial charge in [0.25, 0.3) is 0 Å². The van der Waals surface area contributed by atoms with E-state index >= 15 is 0 Å². The fourth-order valence-electron chi connectivity index (χ4n) is 10.8. The zero-order valence-corrected chi connectivity index (χ0v) is 60.1. The minimum atomic E-state index is -4.95. The first-order valence-corrected chi connectivity index (χ1v) is 40.2. The van der Waals surface area contributed by atoms with Gasteiger partial charge in [0.05, 0.1) is 26.4 Å². The first kappa shape index (κ1) is 88.1. The topological polar surface area (TPSA) is 237 Å². The fourth-order valence-corrected chi connectivity index (χ4v) is 12.4. The molecule has 6 atom stereocenters. The number of esters is 4. The van der Waals surface area contributed by atoms with Gasteiger partial charge in [-0.3, -0.25) is 37.3 Å². The van der Waals surface area contributed by atoms with E-state index in [2.05, 4.69) is 34.6 Å². The Labute approximate surface area is 549 Å². The quantitative estimate of drug-likeness (QED) is 0.0222. The smallest absolute Gasteiger partial charge is 0.462 e. The van der Waals surface area contributed by atoms with Crippen LogP contribution in [0, 0.1) is 5.92 Å². The molecule has 0 saturated heterocycles. The third-order valence-corrected chi connectivity index (χ3v) is 18.8. The number of unbranched alkanes of at least 4 members (excludes halogenated alkanes) is 42. The Hall–Kier alpha value is -1.94. The van der Waals surface area contributed by atoms with Gasteiger partial charge in [0, 0.05) is 25.7 Å². The number of aliphatic hydroxyl groups is 1. The Bertz CT molecular complexity index is 1740. The second-order valence-corrected chi connectivity index (χ2v) is 28.8.